The molecular formula is C16H28S3Si. The summed E-state index contributed by atoms with van der Waals surface area (Å²) in [6.07, 6.45) is 3.80. The van der Waals surface area contributed by atoms with Crippen molar-refractivity contribution >= 4 is 46.0 Å². The first-order valence-electron chi connectivity index (χ1n) is 7.63. The Morgan fingerprint density at radius 3 is 1.55 bits per heavy atom. The fraction of sp³-hybridized carbons (Fsp3) is 0.625. The standard InChI is InChI=1S/C16H28S3Si/c17-9-4-12-20(13-5-10-18,14-6-11-19)15-16-7-2-1-3-8-16/h1-3,7-8,17-19H,4-6,9-15H2. The molecule has 0 atom stereocenters. The lowest BCUT2D eigenvalue weighted by Gasteiger charge is -2.32. The molecule has 1 rings (SSSR count). The van der Waals surface area contributed by atoms with Crippen molar-refractivity contribution < 1.29 is 0 Å². The van der Waals surface area contributed by atoms with Crippen LogP contribution in [0.5, 0.6) is 0 Å². The van der Waals surface area contributed by atoms with Crippen molar-refractivity contribution in [3.63, 3.8) is 0 Å². The Labute approximate surface area is 142 Å². The van der Waals surface area contributed by atoms with E-state index in [1.54, 1.807) is 0 Å². The van der Waals surface area contributed by atoms with Crippen LogP contribution in [-0.4, -0.2) is 25.3 Å². The van der Waals surface area contributed by atoms with Gasteiger partial charge in [0, 0.05) is 0 Å². The highest BCUT2D eigenvalue weighted by molar-refractivity contribution is 7.80. The molecule has 0 spiro atoms. The maximum absolute atomic E-state index is 4.43. The molecule has 1 aromatic rings. The third-order valence-corrected chi connectivity index (χ3v) is 10.4. The normalized spacial score (nSPS) is 11.8. The van der Waals surface area contributed by atoms with Crippen LogP contribution in [0.1, 0.15) is 24.8 Å². The molecule has 20 heavy (non-hydrogen) atoms. The molecule has 0 aromatic heterocycles. The van der Waals surface area contributed by atoms with Crippen LogP contribution in [0.25, 0.3) is 0 Å². The molecule has 0 amide bonds. The molecule has 114 valence electrons. The summed E-state index contributed by atoms with van der Waals surface area (Å²) in [6.45, 7) is 0. The highest BCUT2D eigenvalue weighted by atomic mass is 32.1. The summed E-state index contributed by atoms with van der Waals surface area (Å²) in [5.74, 6) is 3.06. The van der Waals surface area contributed by atoms with Gasteiger partial charge in [-0.3, -0.25) is 0 Å². The molecule has 0 radical (unpaired) electrons. The number of benzene rings is 1. The Morgan fingerprint density at radius 2 is 1.15 bits per heavy atom. The lowest BCUT2D eigenvalue weighted by atomic mass is 10.2. The number of rotatable bonds is 11. The van der Waals surface area contributed by atoms with Gasteiger partial charge < -0.3 is 0 Å². The van der Waals surface area contributed by atoms with Crippen molar-refractivity contribution in [2.45, 2.75) is 43.4 Å². The summed E-state index contributed by atoms with van der Waals surface area (Å²) >= 11 is 13.3. The minimum Gasteiger partial charge on any atom is -0.179 e. The second-order valence-electron chi connectivity index (χ2n) is 5.64. The Bertz CT molecular complexity index is 321. The Balaban J connectivity index is 2.81. The van der Waals surface area contributed by atoms with Crippen LogP contribution in [-0.2, 0) is 6.04 Å². The minimum absolute atomic E-state index is 1.02. The summed E-state index contributed by atoms with van der Waals surface area (Å²) < 4.78 is 0. The van der Waals surface area contributed by atoms with Gasteiger partial charge >= 0.3 is 0 Å². The summed E-state index contributed by atoms with van der Waals surface area (Å²) in [5, 5.41) is 0. The third-order valence-electron chi connectivity index (χ3n) is 4.02. The van der Waals surface area contributed by atoms with E-state index in [0.29, 0.717) is 0 Å². The zero-order valence-electron chi connectivity index (χ0n) is 12.3. The average Bonchev–Trinajstić information content (AvgIpc) is 2.49. The molecule has 0 saturated carbocycles. The average molecular weight is 345 g/mol. The molecule has 4 heteroatoms. The number of hydrogen-bond acceptors (Lipinski definition) is 3. The zero-order chi connectivity index (χ0) is 14.7. The van der Waals surface area contributed by atoms with E-state index in [1.807, 2.05) is 0 Å². The summed E-state index contributed by atoms with van der Waals surface area (Å²) in [5.41, 5.74) is 1.52. The van der Waals surface area contributed by atoms with Crippen molar-refractivity contribution in [1.82, 2.24) is 0 Å². The van der Waals surface area contributed by atoms with E-state index >= 15 is 0 Å². The predicted octanol–water partition coefficient (Wildman–Crippen LogP) is 5.18. The zero-order valence-corrected chi connectivity index (χ0v) is 16.0. The van der Waals surface area contributed by atoms with Gasteiger partial charge in [-0.25, -0.2) is 0 Å². The third kappa shape index (κ3) is 6.97. The van der Waals surface area contributed by atoms with Crippen molar-refractivity contribution in [1.29, 1.82) is 0 Å². The molecule has 0 heterocycles. The molecule has 0 N–H and O–H groups in total. The molecule has 0 bridgehead atoms. The topological polar surface area (TPSA) is 0 Å². The molecule has 0 fully saturated rings. The minimum atomic E-state index is -1.25. The van der Waals surface area contributed by atoms with Gasteiger partial charge in [-0.2, -0.15) is 37.9 Å². The van der Waals surface area contributed by atoms with Crippen LogP contribution in [0.3, 0.4) is 0 Å². The predicted molar refractivity (Wildman–Crippen MR) is 106 cm³/mol. The smallest absolute Gasteiger partial charge is 0.0580 e. The van der Waals surface area contributed by atoms with Gasteiger partial charge in [-0.15, -0.1) is 0 Å². The fourth-order valence-corrected chi connectivity index (χ4v) is 9.56. The number of hydrogen-bond donors (Lipinski definition) is 3. The maximum Gasteiger partial charge on any atom is 0.0580 e. The van der Waals surface area contributed by atoms with E-state index < -0.39 is 8.07 Å². The van der Waals surface area contributed by atoms with Crippen LogP contribution in [0.15, 0.2) is 30.3 Å². The lowest BCUT2D eigenvalue weighted by molar-refractivity contribution is 0.917. The fourth-order valence-electron chi connectivity index (χ4n) is 3.03. The summed E-state index contributed by atoms with van der Waals surface area (Å²) in [4.78, 5) is 0. The quantitative estimate of drug-likeness (QED) is 0.358. The van der Waals surface area contributed by atoms with Gasteiger partial charge in [0.1, 0.15) is 0 Å². The van der Waals surface area contributed by atoms with E-state index in [-0.39, 0.29) is 0 Å². The molecule has 1 aromatic carbocycles. The summed E-state index contributed by atoms with van der Waals surface area (Å²) in [7, 11) is -1.25. The van der Waals surface area contributed by atoms with Gasteiger partial charge in [0.15, 0.2) is 0 Å². The molecule has 0 nitrogen and oxygen atoms in total. The van der Waals surface area contributed by atoms with Gasteiger partial charge in [0.25, 0.3) is 0 Å². The van der Waals surface area contributed by atoms with E-state index in [1.165, 1.54) is 49.0 Å². The first-order valence-corrected chi connectivity index (χ1v) is 12.4. The Hall–Kier alpha value is 0.487. The maximum atomic E-state index is 4.43. The molecule has 0 aliphatic carbocycles. The van der Waals surface area contributed by atoms with Crippen LogP contribution >= 0.6 is 37.9 Å². The van der Waals surface area contributed by atoms with Crippen molar-refractivity contribution in [3.05, 3.63) is 35.9 Å². The number of thiol groups is 3. The van der Waals surface area contributed by atoms with Gasteiger partial charge in [0.05, 0.1) is 8.07 Å². The molecular weight excluding hydrogens is 316 g/mol. The summed E-state index contributed by atoms with van der Waals surface area (Å²) in [6, 6.07) is 16.6. The molecule has 0 saturated heterocycles. The second kappa shape index (κ2) is 11.1. The van der Waals surface area contributed by atoms with Crippen molar-refractivity contribution in [3.8, 4) is 0 Å². The molecule has 0 aliphatic heterocycles. The van der Waals surface area contributed by atoms with E-state index in [4.69, 9.17) is 0 Å². The van der Waals surface area contributed by atoms with Crippen LogP contribution in [0.4, 0.5) is 0 Å². The van der Waals surface area contributed by atoms with Crippen molar-refractivity contribution in [2.75, 3.05) is 17.3 Å². The van der Waals surface area contributed by atoms with Crippen LogP contribution < -0.4 is 0 Å². The molecule has 0 aliphatic rings. The van der Waals surface area contributed by atoms with Gasteiger partial charge in [0.2, 0.25) is 0 Å². The van der Waals surface area contributed by atoms with E-state index in [0.717, 1.165) is 17.3 Å². The van der Waals surface area contributed by atoms with Crippen molar-refractivity contribution in [2.24, 2.45) is 0 Å². The molecule has 0 unspecified atom stereocenters. The SMILES string of the molecule is SCCC[Si](CCCS)(CCCS)Cc1ccccc1. The highest BCUT2D eigenvalue weighted by Gasteiger charge is 2.31. The van der Waals surface area contributed by atoms with Gasteiger partial charge in [-0.05, 0) is 42.6 Å². The highest BCUT2D eigenvalue weighted by Crippen LogP contribution is 2.30. The Morgan fingerprint density at radius 1 is 0.700 bits per heavy atom. The first kappa shape index (κ1) is 18.5. The van der Waals surface area contributed by atoms with Crippen LogP contribution in [0.2, 0.25) is 18.1 Å². The van der Waals surface area contributed by atoms with E-state index in [9.17, 15) is 0 Å². The first-order chi connectivity index (χ1) is 9.76. The monoisotopic (exact) mass is 344 g/mol. The second-order valence-corrected chi connectivity index (χ2v) is 11.8. The largest absolute Gasteiger partial charge is 0.179 e. The Kier molecular flexibility index (Phi) is 10.3. The lowest BCUT2D eigenvalue weighted by Crippen LogP contribution is -2.37. The van der Waals surface area contributed by atoms with E-state index in [2.05, 4.69) is 68.2 Å². The van der Waals surface area contributed by atoms with Crippen LogP contribution in [0, 0.1) is 0 Å². The van der Waals surface area contributed by atoms with Gasteiger partial charge in [-0.1, -0.05) is 54.0 Å².